The van der Waals surface area contributed by atoms with Gasteiger partial charge in [-0.05, 0) is 43.2 Å². The van der Waals surface area contributed by atoms with Gasteiger partial charge in [-0.15, -0.1) is 0 Å². The molecule has 0 saturated heterocycles. The number of methoxy groups -OCH3 is 1. The van der Waals surface area contributed by atoms with Crippen molar-refractivity contribution in [2.45, 2.75) is 26.3 Å². The number of hydrogen-bond donors (Lipinski definition) is 2. The third-order valence-electron chi connectivity index (χ3n) is 3.63. The molecule has 6 heteroatoms. The van der Waals surface area contributed by atoms with Gasteiger partial charge in [0.1, 0.15) is 11.6 Å². The van der Waals surface area contributed by atoms with Crippen LogP contribution in [0.2, 0.25) is 0 Å². The molecule has 0 heterocycles. The van der Waals surface area contributed by atoms with Crippen LogP contribution < -0.4 is 15.4 Å². The molecule has 2 amide bonds. The molecule has 1 unspecified atom stereocenters. The van der Waals surface area contributed by atoms with E-state index < -0.39 is 11.7 Å². The van der Waals surface area contributed by atoms with Gasteiger partial charge in [0.2, 0.25) is 5.91 Å². The minimum atomic E-state index is -0.643. The largest absolute Gasteiger partial charge is 0.496 e. The lowest BCUT2D eigenvalue weighted by Gasteiger charge is -2.16. The lowest BCUT2D eigenvalue weighted by molar-refractivity contribution is -0.114. The van der Waals surface area contributed by atoms with Crippen LogP contribution in [0.25, 0.3) is 0 Å². The summed E-state index contributed by atoms with van der Waals surface area (Å²) in [4.78, 5) is 23.5. The SMILES string of the molecule is COc1ccccc1CC(C)NC(=O)c1cc(NC(C)=O)ccc1F. The second kappa shape index (κ2) is 8.28. The number of anilines is 1. The van der Waals surface area contributed by atoms with Gasteiger partial charge in [0, 0.05) is 18.7 Å². The van der Waals surface area contributed by atoms with Gasteiger partial charge in [0.25, 0.3) is 5.91 Å². The number of amides is 2. The third kappa shape index (κ3) is 5.04. The van der Waals surface area contributed by atoms with Crippen LogP contribution in [-0.2, 0) is 11.2 Å². The summed E-state index contributed by atoms with van der Waals surface area (Å²) in [5.74, 6) is -0.729. The van der Waals surface area contributed by atoms with Crippen LogP contribution in [0.5, 0.6) is 5.75 Å². The smallest absolute Gasteiger partial charge is 0.254 e. The van der Waals surface area contributed by atoms with Crippen molar-refractivity contribution in [3.63, 3.8) is 0 Å². The van der Waals surface area contributed by atoms with Gasteiger partial charge in [-0.3, -0.25) is 9.59 Å². The van der Waals surface area contributed by atoms with E-state index in [4.69, 9.17) is 4.74 Å². The molecule has 0 aliphatic rings. The van der Waals surface area contributed by atoms with E-state index in [0.29, 0.717) is 12.1 Å². The van der Waals surface area contributed by atoms with Crippen molar-refractivity contribution in [1.29, 1.82) is 0 Å². The van der Waals surface area contributed by atoms with E-state index in [1.165, 1.54) is 19.1 Å². The molecule has 0 aliphatic heterocycles. The highest BCUT2D eigenvalue weighted by Gasteiger charge is 2.16. The van der Waals surface area contributed by atoms with E-state index in [1.807, 2.05) is 31.2 Å². The van der Waals surface area contributed by atoms with E-state index >= 15 is 0 Å². The standard InChI is InChI=1S/C19H21FN2O3/c1-12(10-14-6-4-5-7-18(14)25-3)21-19(24)16-11-15(22-13(2)23)8-9-17(16)20/h4-9,11-12H,10H2,1-3H3,(H,21,24)(H,22,23). The Hall–Kier alpha value is -2.89. The van der Waals surface area contributed by atoms with Gasteiger partial charge in [0.15, 0.2) is 0 Å². The summed E-state index contributed by atoms with van der Waals surface area (Å²) in [6.45, 7) is 3.18. The van der Waals surface area contributed by atoms with Gasteiger partial charge in [-0.1, -0.05) is 18.2 Å². The first-order valence-electron chi connectivity index (χ1n) is 7.90. The Morgan fingerprint density at radius 3 is 2.60 bits per heavy atom. The maximum absolute atomic E-state index is 14.0. The molecule has 0 bridgehead atoms. The van der Waals surface area contributed by atoms with Crippen LogP contribution in [0.15, 0.2) is 42.5 Å². The Kier molecular flexibility index (Phi) is 6.11. The number of halogens is 1. The monoisotopic (exact) mass is 344 g/mol. The van der Waals surface area contributed by atoms with Crippen molar-refractivity contribution in [2.24, 2.45) is 0 Å². The number of para-hydroxylation sites is 1. The van der Waals surface area contributed by atoms with Gasteiger partial charge in [-0.2, -0.15) is 0 Å². The number of nitrogens with one attached hydrogen (secondary N) is 2. The molecule has 5 nitrogen and oxygen atoms in total. The molecule has 2 aromatic rings. The van der Waals surface area contributed by atoms with E-state index in [0.717, 1.165) is 17.4 Å². The molecule has 0 aliphatic carbocycles. The average molecular weight is 344 g/mol. The summed E-state index contributed by atoms with van der Waals surface area (Å²) in [5, 5.41) is 5.30. The summed E-state index contributed by atoms with van der Waals surface area (Å²) in [6, 6.07) is 11.2. The van der Waals surface area contributed by atoms with Gasteiger partial charge in [0.05, 0.1) is 12.7 Å². The second-order valence-electron chi connectivity index (χ2n) is 5.77. The van der Waals surface area contributed by atoms with E-state index in [9.17, 15) is 14.0 Å². The van der Waals surface area contributed by atoms with Crippen molar-refractivity contribution in [2.75, 3.05) is 12.4 Å². The maximum Gasteiger partial charge on any atom is 0.254 e. The van der Waals surface area contributed by atoms with Crippen LogP contribution >= 0.6 is 0 Å². The summed E-state index contributed by atoms with van der Waals surface area (Å²) >= 11 is 0. The normalized spacial score (nSPS) is 11.5. The molecule has 0 aromatic heterocycles. The van der Waals surface area contributed by atoms with Gasteiger partial charge >= 0.3 is 0 Å². The first-order valence-corrected chi connectivity index (χ1v) is 7.90. The highest BCUT2D eigenvalue weighted by molar-refractivity contribution is 5.97. The number of carbonyl (C=O) groups excluding carboxylic acids is 2. The Morgan fingerprint density at radius 2 is 1.92 bits per heavy atom. The van der Waals surface area contributed by atoms with Crippen molar-refractivity contribution in [3.05, 3.63) is 59.4 Å². The highest BCUT2D eigenvalue weighted by atomic mass is 19.1. The Balaban J connectivity index is 2.09. The molecule has 2 rings (SSSR count). The van der Waals surface area contributed by atoms with Crippen molar-refractivity contribution >= 4 is 17.5 Å². The maximum atomic E-state index is 14.0. The average Bonchev–Trinajstić information content (AvgIpc) is 2.56. The van der Waals surface area contributed by atoms with Crippen LogP contribution in [0, 0.1) is 5.82 Å². The summed E-state index contributed by atoms with van der Waals surface area (Å²) in [7, 11) is 1.59. The molecule has 2 aromatic carbocycles. The van der Waals surface area contributed by atoms with Crippen molar-refractivity contribution in [1.82, 2.24) is 5.32 Å². The Morgan fingerprint density at radius 1 is 1.20 bits per heavy atom. The van der Waals surface area contributed by atoms with E-state index in [1.54, 1.807) is 7.11 Å². The molecule has 0 radical (unpaired) electrons. The molecule has 0 fully saturated rings. The molecule has 1 atom stereocenters. The molecule has 25 heavy (non-hydrogen) atoms. The zero-order valence-corrected chi connectivity index (χ0v) is 14.4. The van der Waals surface area contributed by atoms with Crippen LogP contribution in [-0.4, -0.2) is 25.0 Å². The minimum absolute atomic E-state index is 0.113. The predicted molar refractivity (Wildman–Crippen MR) is 94.3 cm³/mol. The van der Waals surface area contributed by atoms with Gasteiger partial charge < -0.3 is 15.4 Å². The number of ether oxygens (including phenoxy) is 1. The summed E-state index contributed by atoms with van der Waals surface area (Å²) in [5.41, 5.74) is 1.21. The first-order chi connectivity index (χ1) is 11.9. The topological polar surface area (TPSA) is 67.4 Å². The summed E-state index contributed by atoms with van der Waals surface area (Å²) in [6.07, 6.45) is 0.544. The first kappa shape index (κ1) is 18.4. The lowest BCUT2D eigenvalue weighted by atomic mass is 10.1. The van der Waals surface area contributed by atoms with Crippen molar-refractivity contribution in [3.8, 4) is 5.75 Å². The molecule has 132 valence electrons. The fourth-order valence-electron chi connectivity index (χ4n) is 2.53. The van der Waals surface area contributed by atoms with Crippen LogP contribution in [0.1, 0.15) is 29.8 Å². The summed E-state index contributed by atoms with van der Waals surface area (Å²) < 4.78 is 19.3. The molecular weight excluding hydrogens is 323 g/mol. The third-order valence-corrected chi connectivity index (χ3v) is 3.63. The highest BCUT2D eigenvalue weighted by Crippen LogP contribution is 2.19. The number of carbonyl (C=O) groups is 2. The van der Waals surface area contributed by atoms with Crippen LogP contribution in [0.3, 0.4) is 0 Å². The molecule has 2 N–H and O–H groups in total. The van der Waals surface area contributed by atoms with Gasteiger partial charge in [-0.25, -0.2) is 4.39 Å². The fourth-order valence-corrected chi connectivity index (χ4v) is 2.53. The zero-order valence-electron chi connectivity index (χ0n) is 14.4. The Labute approximate surface area is 146 Å². The molecular formula is C19H21FN2O3. The lowest BCUT2D eigenvalue weighted by Crippen LogP contribution is -2.34. The van der Waals surface area contributed by atoms with E-state index in [2.05, 4.69) is 10.6 Å². The number of benzene rings is 2. The quantitative estimate of drug-likeness (QED) is 0.846. The number of rotatable bonds is 6. The fraction of sp³-hybridized carbons (Fsp3) is 0.263. The minimum Gasteiger partial charge on any atom is -0.496 e. The molecule has 0 spiro atoms. The number of hydrogen-bond acceptors (Lipinski definition) is 3. The Bertz CT molecular complexity index is 777. The second-order valence-corrected chi connectivity index (χ2v) is 5.77. The molecule has 0 saturated carbocycles. The van der Waals surface area contributed by atoms with E-state index in [-0.39, 0.29) is 17.5 Å². The van der Waals surface area contributed by atoms with Crippen molar-refractivity contribution < 1.29 is 18.7 Å². The zero-order chi connectivity index (χ0) is 18.4. The van der Waals surface area contributed by atoms with Crippen LogP contribution in [0.4, 0.5) is 10.1 Å². The predicted octanol–water partition coefficient (Wildman–Crippen LogP) is 3.15.